The van der Waals surface area contributed by atoms with Crippen molar-refractivity contribution in [2.75, 3.05) is 37.1 Å². The van der Waals surface area contributed by atoms with Gasteiger partial charge in [-0.3, -0.25) is 0 Å². The molecule has 0 bridgehead atoms. The van der Waals surface area contributed by atoms with E-state index in [2.05, 4.69) is 43.7 Å². The summed E-state index contributed by atoms with van der Waals surface area (Å²) in [7, 11) is -2.62. The first kappa shape index (κ1) is 26.2. The van der Waals surface area contributed by atoms with Gasteiger partial charge in [-0.25, -0.2) is 4.98 Å². The van der Waals surface area contributed by atoms with Crippen molar-refractivity contribution in [3.63, 3.8) is 0 Å². The maximum Gasteiger partial charge on any atom is 0.229 e. The van der Waals surface area contributed by atoms with E-state index >= 15 is 0 Å². The van der Waals surface area contributed by atoms with E-state index in [0.717, 1.165) is 18.5 Å². The van der Waals surface area contributed by atoms with Crippen LogP contribution in [0, 0.1) is 0 Å². The van der Waals surface area contributed by atoms with Gasteiger partial charge in [0, 0.05) is 17.0 Å². The van der Waals surface area contributed by atoms with E-state index in [1.54, 1.807) is 37.7 Å². The fourth-order valence-corrected chi connectivity index (χ4v) is 6.76. The summed E-state index contributed by atoms with van der Waals surface area (Å²) >= 11 is 6.43. The summed E-state index contributed by atoms with van der Waals surface area (Å²) < 4.78 is 12.9. The number of hydrogen-bond donors (Lipinski definition) is 3. The van der Waals surface area contributed by atoms with Gasteiger partial charge in [0.15, 0.2) is 5.82 Å². The number of nitrogens with one attached hydrogen (secondary N) is 2. The summed E-state index contributed by atoms with van der Waals surface area (Å²) in [6.07, 6.45) is 8.88. The largest absolute Gasteiger partial charge is 0.392 e. The summed E-state index contributed by atoms with van der Waals surface area (Å²) in [5, 5.41) is 17.1. The zero-order valence-corrected chi connectivity index (χ0v) is 23.2. The van der Waals surface area contributed by atoms with Crippen LogP contribution in [0.4, 0.5) is 23.1 Å². The van der Waals surface area contributed by atoms with Crippen LogP contribution < -0.4 is 15.9 Å². The van der Waals surface area contributed by atoms with Crippen molar-refractivity contribution >= 4 is 47.2 Å². The predicted molar refractivity (Wildman–Crippen MR) is 153 cm³/mol. The Bertz CT molecular complexity index is 1320. The van der Waals surface area contributed by atoms with Crippen molar-refractivity contribution in [3.8, 4) is 0 Å². The highest BCUT2D eigenvalue weighted by Crippen LogP contribution is 2.39. The Morgan fingerprint density at radius 2 is 1.81 bits per heavy atom. The van der Waals surface area contributed by atoms with E-state index in [1.165, 1.54) is 49.9 Å². The summed E-state index contributed by atoms with van der Waals surface area (Å²) in [5.41, 5.74) is 5.14. The monoisotopic (exact) mass is 539 g/mol. The maximum absolute atomic E-state index is 12.9. The normalized spacial score (nSPS) is 18.3. The number of rotatable bonds is 7. The highest BCUT2D eigenvalue weighted by atomic mass is 35.5. The minimum Gasteiger partial charge on any atom is -0.392 e. The molecule has 0 saturated carbocycles. The van der Waals surface area contributed by atoms with Gasteiger partial charge in [-0.1, -0.05) is 23.7 Å². The average molecular weight is 540 g/mol. The molecule has 1 aliphatic heterocycles. The van der Waals surface area contributed by atoms with Gasteiger partial charge in [0.1, 0.15) is 12.2 Å². The van der Waals surface area contributed by atoms with Gasteiger partial charge in [-0.15, -0.1) is 0 Å². The summed E-state index contributed by atoms with van der Waals surface area (Å²) in [4.78, 5) is 11.7. The van der Waals surface area contributed by atoms with Crippen LogP contribution in [0.2, 0.25) is 5.02 Å². The van der Waals surface area contributed by atoms with Crippen LogP contribution in [-0.2, 0) is 24.0 Å². The first-order valence-corrected chi connectivity index (χ1v) is 16.0. The first-order valence-electron chi connectivity index (χ1n) is 13.0. The molecule has 2 aliphatic rings. The fraction of sp³-hybridized carbons (Fsp3) is 0.429. The van der Waals surface area contributed by atoms with Gasteiger partial charge < -0.3 is 25.2 Å². The molecule has 0 spiro atoms. The van der Waals surface area contributed by atoms with E-state index in [4.69, 9.17) is 11.6 Å². The van der Waals surface area contributed by atoms with E-state index < -0.39 is 7.14 Å². The number of aliphatic hydroxyl groups excluding tert-OH is 1. The van der Waals surface area contributed by atoms with Gasteiger partial charge in [0.2, 0.25) is 5.95 Å². The van der Waals surface area contributed by atoms with E-state index in [0.29, 0.717) is 39.4 Å². The second-order valence-electron chi connectivity index (χ2n) is 10.5. The molecule has 1 aliphatic carbocycles. The summed E-state index contributed by atoms with van der Waals surface area (Å²) in [6.45, 7) is 5.79. The average Bonchev–Trinajstić information content (AvgIpc) is 3.33. The number of likely N-dealkylation sites (tertiary alicyclic amines) is 1. The number of nitrogens with zero attached hydrogens (tertiary/aromatic N) is 3. The fourth-order valence-electron chi connectivity index (χ4n) is 5.44. The van der Waals surface area contributed by atoms with E-state index in [9.17, 15) is 9.67 Å². The molecule has 1 atom stereocenters. The van der Waals surface area contributed by atoms with Crippen molar-refractivity contribution in [1.82, 2.24) is 14.9 Å². The second-order valence-corrected chi connectivity index (χ2v) is 14.0. The standard InChI is InChI=1S/C28H35ClN5O2P/c1-37(2,36)26-15-19(18-35)5-12-25(26)32-27-24(29)17-30-28(33-27)31-22-9-6-20-7-10-23(11-8-21(20)16-22)34-13-3-4-14-34/h5-6,9,12,15-17,23,35H,3-4,7-8,10-11,13-14,18H2,1-2H3,(H2,30,31,32,33)/t23-/m0/s1. The Labute approximate surface area is 224 Å². The molecule has 37 heavy (non-hydrogen) atoms. The quantitative estimate of drug-likeness (QED) is 0.262. The number of halogens is 1. The molecule has 0 amide bonds. The van der Waals surface area contributed by atoms with Crippen LogP contribution in [0.5, 0.6) is 0 Å². The maximum atomic E-state index is 12.9. The van der Waals surface area contributed by atoms with Crippen LogP contribution in [-0.4, -0.2) is 52.4 Å². The van der Waals surface area contributed by atoms with E-state index in [1.807, 2.05) is 0 Å². The highest BCUT2D eigenvalue weighted by molar-refractivity contribution is 7.70. The van der Waals surface area contributed by atoms with Crippen molar-refractivity contribution < 1.29 is 9.67 Å². The van der Waals surface area contributed by atoms with Crippen LogP contribution in [0.15, 0.2) is 42.6 Å². The lowest BCUT2D eigenvalue weighted by molar-refractivity contribution is 0.222. The Morgan fingerprint density at radius 3 is 2.54 bits per heavy atom. The molecule has 1 aromatic heterocycles. The Balaban J connectivity index is 1.33. The molecule has 9 heteroatoms. The van der Waals surface area contributed by atoms with Gasteiger partial charge in [0.05, 0.1) is 18.5 Å². The molecule has 0 radical (unpaired) electrons. The number of aromatic nitrogens is 2. The molecule has 3 N–H and O–H groups in total. The number of anilines is 4. The lowest BCUT2D eigenvalue weighted by atomic mass is 10.0. The third kappa shape index (κ3) is 6.18. The lowest BCUT2D eigenvalue weighted by Crippen LogP contribution is -2.32. The van der Waals surface area contributed by atoms with Gasteiger partial charge in [-0.2, -0.15) is 4.98 Å². The minimum atomic E-state index is -2.62. The SMILES string of the molecule is CP(C)(=O)c1cc(CO)ccc1Nc1nc(Nc2ccc3c(c2)CC[C@@H](N2CCCC2)CC3)ncc1Cl. The van der Waals surface area contributed by atoms with Gasteiger partial charge in [-0.05, 0) is 106 Å². The Morgan fingerprint density at radius 1 is 1.05 bits per heavy atom. The van der Waals surface area contributed by atoms with E-state index in [-0.39, 0.29) is 6.61 Å². The molecule has 5 rings (SSSR count). The molecule has 1 fully saturated rings. The zero-order valence-electron chi connectivity index (χ0n) is 21.5. The summed E-state index contributed by atoms with van der Waals surface area (Å²) in [6, 6.07) is 12.6. The second kappa shape index (κ2) is 11.1. The molecule has 3 aromatic rings. The third-order valence-electron chi connectivity index (χ3n) is 7.44. The minimum absolute atomic E-state index is 0.116. The van der Waals surface area contributed by atoms with Crippen LogP contribution >= 0.6 is 18.7 Å². The third-order valence-corrected chi connectivity index (χ3v) is 9.24. The van der Waals surface area contributed by atoms with Gasteiger partial charge in [0.25, 0.3) is 0 Å². The first-order chi connectivity index (χ1) is 17.8. The Kier molecular flexibility index (Phi) is 7.87. The van der Waals surface area contributed by atoms with Crippen molar-refractivity contribution in [3.05, 3.63) is 64.3 Å². The number of aliphatic hydroxyl groups is 1. The number of aryl methyl sites for hydroxylation is 2. The number of benzene rings is 2. The highest BCUT2D eigenvalue weighted by Gasteiger charge is 2.24. The lowest BCUT2D eigenvalue weighted by Gasteiger charge is -2.25. The summed E-state index contributed by atoms with van der Waals surface area (Å²) in [5.74, 6) is 0.856. The zero-order chi connectivity index (χ0) is 26.0. The molecule has 7 nitrogen and oxygen atoms in total. The molecule has 2 aromatic carbocycles. The smallest absolute Gasteiger partial charge is 0.229 e. The van der Waals surface area contributed by atoms with Gasteiger partial charge >= 0.3 is 0 Å². The predicted octanol–water partition coefficient (Wildman–Crippen LogP) is 5.70. The number of fused-ring (bicyclic) bond motifs is 1. The van der Waals surface area contributed by atoms with Crippen molar-refractivity contribution in [2.45, 2.75) is 51.2 Å². The van der Waals surface area contributed by atoms with Crippen molar-refractivity contribution in [2.24, 2.45) is 0 Å². The Hall–Kier alpha value is -2.44. The molecular formula is C28H35ClN5O2P. The molecule has 2 heterocycles. The molecule has 1 saturated heterocycles. The molecular weight excluding hydrogens is 505 g/mol. The number of hydrogen-bond acceptors (Lipinski definition) is 7. The van der Waals surface area contributed by atoms with Crippen LogP contribution in [0.1, 0.15) is 42.4 Å². The topological polar surface area (TPSA) is 90.4 Å². The van der Waals surface area contributed by atoms with Crippen LogP contribution in [0.25, 0.3) is 0 Å². The van der Waals surface area contributed by atoms with Crippen molar-refractivity contribution in [1.29, 1.82) is 0 Å². The molecule has 0 unspecified atom stereocenters. The molecule has 196 valence electrons. The van der Waals surface area contributed by atoms with Crippen LogP contribution in [0.3, 0.4) is 0 Å².